The Morgan fingerprint density at radius 2 is 1.64 bits per heavy atom. The van der Waals surface area contributed by atoms with Crippen molar-refractivity contribution in [1.82, 2.24) is 5.32 Å². The van der Waals surface area contributed by atoms with Gasteiger partial charge in [0.2, 0.25) is 0 Å². The number of carboxylic acid groups (broad SMARTS) is 1. The van der Waals surface area contributed by atoms with E-state index in [4.69, 9.17) is 0 Å². The molecule has 1 amide bonds. The van der Waals surface area contributed by atoms with Crippen LogP contribution in [0.15, 0.2) is 66.7 Å². The van der Waals surface area contributed by atoms with Gasteiger partial charge in [-0.25, -0.2) is 4.79 Å². The van der Waals surface area contributed by atoms with Crippen LogP contribution in [-0.2, 0) is 17.4 Å². The molecule has 0 aromatic heterocycles. The molecule has 0 saturated heterocycles. The summed E-state index contributed by atoms with van der Waals surface area (Å²) >= 11 is 0. The van der Waals surface area contributed by atoms with Crippen LogP contribution in [0.3, 0.4) is 0 Å². The zero-order valence-electron chi connectivity index (χ0n) is 14.5. The van der Waals surface area contributed by atoms with Gasteiger partial charge in [-0.3, -0.25) is 4.79 Å². The maximum absolute atomic E-state index is 12.8. The smallest absolute Gasteiger partial charge is 0.416 e. The van der Waals surface area contributed by atoms with E-state index in [2.05, 4.69) is 5.32 Å². The molecule has 0 aliphatic carbocycles. The molecule has 0 heterocycles. The molecule has 0 unspecified atom stereocenters. The highest BCUT2D eigenvalue weighted by atomic mass is 19.4. The molecule has 0 aliphatic rings. The summed E-state index contributed by atoms with van der Waals surface area (Å²) in [5.74, 6) is -2.15. The number of fused-ring (bicyclic) bond motifs is 1. The highest BCUT2D eigenvalue weighted by Crippen LogP contribution is 2.29. The number of halogens is 3. The standard InChI is InChI=1S/C21H16F3NO3/c22-21(23,24)16-9-4-8-15(11-16)19(26)25-18(20(27)28)12-14-7-3-6-13-5-1-2-10-17(13)14/h1-11,18H,12H2,(H,25,26)(H,27,28)/t18-/m1/s1. The summed E-state index contributed by atoms with van der Waals surface area (Å²) in [5.41, 5.74) is -0.505. The van der Waals surface area contributed by atoms with Crippen molar-refractivity contribution in [2.75, 3.05) is 0 Å². The van der Waals surface area contributed by atoms with Crippen LogP contribution in [0.4, 0.5) is 13.2 Å². The van der Waals surface area contributed by atoms with Gasteiger partial charge in [-0.1, -0.05) is 48.5 Å². The number of benzene rings is 3. The number of alkyl halides is 3. The largest absolute Gasteiger partial charge is 0.480 e. The Morgan fingerprint density at radius 3 is 2.36 bits per heavy atom. The average Bonchev–Trinajstić information content (AvgIpc) is 2.67. The Bertz CT molecular complexity index is 1030. The first-order valence-corrected chi connectivity index (χ1v) is 8.43. The molecular formula is C21H16F3NO3. The van der Waals surface area contributed by atoms with Crippen molar-refractivity contribution in [1.29, 1.82) is 0 Å². The third-order valence-electron chi connectivity index (χ3n) is 4.36. The maximum atomic E-state index is 12.8. The molecule has 7 heteroatoms. The van der Waals surface area contributed by atoms with Crippen molar-refractivity contribution in [3.8, 4) is 0 Å². The molecule has 0 spiro atoms. The first-order chi connectivity index (χ1) is 13.3. The van der Waals surface area contributed by atoms with Gasteiger partial charge in [0.15, 0.2) is 0 Å². The molecular weight excluding hydrogens is 371 g/mol. The lowest BCUT2D eigenvalue weighted by Gasteiger charge is -2.16. The Labute approximate surface area is 158 Å². The van der Waals surface area contributed by atoms with Gasteiger partial charge in [0.05, 0.1) is 5.56 Å². The average molecular weight is 387 g/mol. The number of hydrogen-bond donors (Lipinski definition) is 2. The number of carbonyl (C=O) groups excluding carboxylic acids is 1. The molecule has 0 radical (unpaired) electrons. The molecule has 3 aromatic rings. The predicted molar refractivity (Wildman–Crippen MR) is 98.0 cm³/mol. The van der Waals surface area contributed by atoms with E-state index in [1.807, 2.05) is 30.3 Å². The minimum Gasteiger partial charge on any atom is -0.480 e. The Hall–Kier alpha value is -3.35. The second kappa shape index (κ2) is 7.72. The SMILES string of the molecule is O=C(N[C@H](Cc1cccc2ccccc12)C(=O)O)c1cccc(C(F)(F)F)c1. The fourth-order valence-electron chi connectivity index (χ4n) is 2.97. The van der Waals surface area contributed by atoms with E-state index < -0.39 is 29.7 Å². The molecule has 28 heavy (non-hydrogen) atoms. The van der Waals surface area contributed by atoms with Gasteiger partial charge in [0, 0.05) is 12.0 Å². The van der Waals surface area contributed by atoms with E-state index in [9.17, 15) is 27.9 Å². The van der Waals surface area contributed by atoms with Crippen LogP contribution < -0.4 is 5.32 Å². The molecule has 144 valence electrons. The number of carboxylic acids is 1. The summed E-state index contributed by atoms with van der Waals surface area (Å²) < 4.78 is 38.5. The fraction of sp³-hybridized carbons (Fsp3) is 0.143. The van der Waals surface area contributed by atoms with Gasteiger partial charge in [-0.15, -0.1) is 0 Å². The third kappa shape index (κ3) is 4.31. The van der Waals surface area contributed by atoms with Crippen molar-refractivity contribution < 1.29 is 27.9 Å². The number of aliphatic carboxylic acids is 1. The number of rotatable bonds is 5. The summed E-state index contributed by atoms with van der Waals surface area (Å²) in [4.78, 5) is 24.0. The minimum atomic E-state index is -4.59. The van der Waals surface area contributed by atoms with Crippen LogP contribution in [0.25, 0.3) is 10.8 Å². The number of hydrogen-bond acceptors (Lipinski definition) is 2. The van der Waals surface area contributed by atoms with Crippen LogP contribution in [-0.4, -0.2) is 23.0 Å². The number of nitrogens with one attached hydrogen (secondary N) is 1. The second-order valence-electron chi connectivity index (χ2n) is 6.29. The Balaban J connectivity index is 1.84. The minimum absolute atomic E-state index is 0.00138. The van der Waals surface area contributed by atoms with Crippen molar-refractivity contribution >= 4 is 22.6 Å². The van der Waals surface area contributed by atoms with Crippen LogP contribution >= 0.6 is 0 Å². The summed E-state index contributed by atoms with van der Waals surface area (Å²) in [7, 11) is 0. The third-order valence-corrected chi connectivity index (χ3v) is 4.36. The topological polar surface area (TPSA) is 66.4 Å². The molecule has 0 bridgehead atoms. The first-order valence-electron chi connectivity index (χ1n) is 8.43. The molecule has 3 rings (SSSR count). The highest BCUT2D eigenvalue weighted by molar-refractivity contribution is 5.97. The van der Waals surface area contributed by atoms with Crippen molar-refractivity contribution in [2.45, 2.75) is 18.6 Å². The molecule has 4 nitrogen and oxygen atoms in total. The van der Waals surface area contributed by atoms with E-state index in [1.165, 1.54) is 6.07 Å². The van der Waals surface area contributed by atoms with Gasteiger partial charge in [-0.05, 0) is 34.5 Å². The van der Waals surface area contributed by atoms with Gasteiger partial charge < -0.3 is 10.4 Å². The zero-order chi connectivity index (χ0) is 20.3. The van der Waals surface area contributed by atoms with Crippen LogP contribution in [0.2, 0.25) is 0 Å². The molecule has 1 atom stereocenters. The lowest BCUT2D eigenvalue weighted by Crippen LogP contribution is -2.42. The summed E-state index contributed by atoms with van der Waals surface area (Å²) in [5, 5.41) is 13.6. The molecule has 2 N–H and O–H groups in total. The molecule has 3 aromatic carbocycles. The molecule has 0 fully saturated rings. The summed E-state index contributed by atoms with van der Waals surface area (Å²) in [6.45, 7) is 0. The van der Waals surface area contributed by atoms with Crippen LogP contribution in [0.5, 0.6) is 0 Å². The fourth-order valence-corrected chi connectivity index (χ4v) is 2.97. The van der Waals surface area contributed by atoms with E-state index in [0.29, 0.717) is 6.07 Å². The molecule has 0 aliphatic heterocycles. The maximum Gasteiger partial charge on any atom is 0.416 e. The van der Waals surface area contributed by atoms with Crippen molar-refractivity contribution in [2.24, 2.45) is 0 Å². The van der Waals surface area contributed by atoms with Gasteiger partial charge >= 0.3 is 12.1 Å². The second-order valence-corrected chi connectivity index (χ2v) is 6.29. The predicted octanol–water partition coefficient (Wildman–Crippen LogP) is 4.28. The van der Waals surface area contributed by atoms with Gasteiger partial charge in [0.1, 0.15) is 6.04 Å². The Morgan fingerprint density at radius 1 is 0.964 bits per heavy atom. The van der Waals surface area contributed by atoms with Crippen LogP contribution in [0.1, 0.15) is 21.5 Å². The van der Waals surface area contributed by atoms with E-state index in [1.54, 1.807) is 12.1 Å². The van der Waals surface area contributed by atoms with Gasteiger partial charge in [-0.2, -0.15) is 13.2 Å². The zero-order valence-corrected chi connectivity index (χ0v) is 14.5. The van der Waals surface area contributed by atoms with Crippen LogP contribution in [0, 0.1) is 0 Å². The quantitative estimate of drug-likeness (QED) is 0.687. The van der Waals surface area contributed by atoms with Gasteiger partial charge in [0.25, 0.3) is 5.91 Å². The highest BCUT2D eigenvalue weighted by Gasteiger charge is 2.31. The summed E-state index contributed by atoms with van der Waals surface area (Å²) in [6.07, 6.45) is -4.59. The first kappa shape index (κ1) is 19.4. The number of amides is 1. The van der Waals surface area contributed by atoms with E-state index in [-0.39, 0.29) is 12.0 Å². The lowest BCUT2D eigenvalue weighted by molar-refractivity contribution is -0.139. The molecule has 0 saturated carbocycles. The van der Waals surface area contributed by atoms with E-state index >= 15 is 0 Å². The van der Waals surface area contributed by atoms with E-state index in [0.717, 1.165) is 28.5 Å². The normalized spacial score (nSPS) is 12.5. The van der Waals surface area contributed by atoms with Crippen molar-refractivity contribution in [3.05, 3.63) is 83.4 Å². The summed E-state index contributed by atoms with van der Waals surface area (Å²) in [6, 6.07) is 15.4. The van der Waals surface area contributed by atoms with Crippen molar-refractivity contribution in [3.63, 3.8) is 0 Å². The lowest BCUT2D eigenvalue weighted by atomic mass is 9.98. The Kier molecular flexibility index (Phi) is 5.35. The monoisotopic (exact) mass is 387 g/mol. The number of carbonyl (C=O) groups is 2.